The molecule has 1 aromatic rings. The molecule has 6 heteroatoms. The molecule has 2 rings (SSSR count). The van der Waals surface area contributed by atoms with Crippen molar-refractivity contribution >= 4 is 5.91 Å². The van der Waals surface area contributed by atoms with Gasteiger partial charge in [0.15, 0.2) is 0 Å². The number of nitriles is 1. The molecule has 0 aromatic carbocycles. The van der Waals surface area contributed by atoms with Crippen LogP contribution < -0.4 is 5.32 Å². The van der Waals surface area contributed by atoms with Gasteiger partial charge in [-0.25, -0.2) is 4.98 Å². The second-order valence-electron chi connectivity index (χ2n) is 4.34. The molecule has 1 saturated heterocycles. The molecule has 1 fully saturated rings. The normalized spacial score (nSPS) is 19.7. The van der Waals surface area contributed by atoms with Crippen molar-refractivity contribution in [2.75, 3.05) is 26.8 Å². The number of ether oxygens (including phenoxy) is 1. The van der Waals surface area contributed by atoms with E-state index in [0.29, 0.717) is 32.0 Å². The van der Waals surface area contributed by atoms with Crippen LogP contribution in [0.1, 0.15) is 11.3 Å². The van der Waals surface area contributed by atoms with E-state index in [-0.39, 0.29) is 11.9 Å². The van der Waals surface area contributed by atoms with E-state index in [1.165, 1.54) is 0 Å². The van der Waals surface area contributed by atoms with E-state index >= 15 is 0 Å². The van der Waals surface area contributed by atoms with Crippen LogP contribution in [0.4, 0.5) is 0 Å². The first kappa shape index (κ1) is 13.5. The number of morpholine rings is 1. The number of carbonyl (C=O) groups excluding carboxylic acids is 1. The molecular formula is C13H16N4O2. The van der Waals surface area contributed by atoms with E-state index in [1.54, 1.807) is 19.3 Å². The maximum absolute atomic E-state index is 11.8. The van der Waals surface area contributed by atoms with Gasteiger partial charge in [-0.1, -0.05) is 0 Å². The third-order valence-corrected chi connectivity index (χ3v) is 3.11. The van der Waals surface area contributed by atoms with E-state index < -0.39 is 0 Å². The molecule has 6 nitrogen and oxygen atoms in total. The number of amides is 1. The molecule has 1 aliphatic heterocycles. The summed E-state index contributed by atoms with van der Waals surface area (Å²) in [5, 5.41) is 11.5. The lowest BCUT2D eigenvalue weighted by Gasteiger charge is -2.34. The van der Waals surface area contributed by atoms with Gasteiger partial charge < -0.3 is 10.1 Å². The molecule has 1 unspecified atom stereocenters. The van der Waals surface area contributed by atoms with Gasteiger partial charge >= 0.3 is 0 Å². The molecular weight excluding hydrogens is 244 g/mol. The molecule has 0 saturated carbocycles. The molecule has 19 heavy (non-hydrogen) atoms. The largest absolute Gasteiger partial charge is 0.378 e. The number of nitrogens with one attached hydrogen (secondary N) is 1. The Hall–Kier alpha value is -1.97. The Morgan fingerprint density at radius 2 is 2.58 bits per heavy atom. The Morgan fingerprint density at radius 3 is 3.32 bits per heavy atom. The van der Waals surface area contributed by atoms with Crippen molar-refractivity contribution in [1.29, 1.82) is 5.26 Å². The standard InChI is InChI=1S/C13H16N4O2/c1-15-13(18)12-9-19-5-4-17(12)8-10-2-3-16-11(6-10)7-14/h2-3,6,12H,4-5,8-9H2,1H3,(H,15,18). The first-order valence-electron chi connectivity index (χ1n) is 6.13. The van der Waals surface area contributed by atoms with Gasteiger partial charge in [0, 0.05) is 26.3 Å². The van der Waals surface area contributed by atoms with E-state index in [1.807, 2.05) is 12.1 Å². The average molecular weight is 260 g/mol. The maximum atomic E-state index is 11.8. The quantitative estimate of drug-likeness (QED) is 0.821. The summed E-state index contributed by atoms with van der Waals surface area (Å²) in [6.45, 7) is 2.32. The number of likely N-dealkylation sites (N-methyl/N-ethyl adjacent to an activating group) is 1. The van der Waals surface area contributed by atoms with E-state index in [9.17, 15) is 4.79 Å². The van der Waals surface area contributed by atoms with Gasteiger partial charge in [-0.3, -0.25) is 9.69 Å². The predicted octanol–water partition coefficient (Wildman–Crippen LogP) is -0.0999. The SMILES string of the molecule is CNC(=O)C1COCCN1Cc1ccnc(C#N)c1. The van der Waals surface area contributed by atoms with E-state index in [2.05, 4.69) is 15.2 Å². The van der Waals surface area contributed by atoms with Crippen molar-refractivity contribution in [3.8, 4) is 6.07 Å². The fraction of sp³-hybridized carbons (Fsp3) is 0.462. The summed E-state index contributed by atoms with van der Waals surface area (Å²) in [7, 11) is 1.62. The second-order valence-corrected chi connectivity index (χ2v) is 4.34. The van der Waals surface area contributed by atoms with Crippen molar-refractivity contribution in [3.05, 3.63) is 29.6 Å². The maximum Gasteiger partial charge on any atom is 0.239 e. The highest BCUT2D eigenvalue weighted by Gasteiger charge is 2.28. The van der Waals surface area contributed by atoms with Crippen molar-refractivity contribution < 1.29 is 9.53 Å². The number of hydrogen-bond donors (Lipinski definition) is 1. The van der Waals surface area contributed by atoms with Crippen LogP contribution in [0.5, 0.6) is 0 Å². The lowest BCUT2D eigenvalue weighted by molar-refractivity contribution is -0.132. The minimum atomic E-state index is -0.280. The minimum absolute atomic E-state index is 0.0470. The zero-order valence-corrected chi connectivity index (χ0v) is 10.8. The van der Waals surface area contributed by atoms with Gasteiger partial charge in [0.1, 0.15) is 17.8 Å². The molecule has 0 radical (unpaired) electrons. The molecule has 2 heterocycles. The third-order valence-electron chi connectivity index (χ3n) is 3.11. The van der Waals surface area contributed by atoms with Gasteiger partial charge in [-0.05, 0) is 17.7 Å². The molecule has 100 valence electrons. The zero-order chi connectivity index (χ0) is 13.7. The average Bonchev–Trinajstić information content (AvgIpc) is 2.47. The zero-order valence-electron chi connectivity index (χ0n) is 10.8. The summed E-state index contributed by atoms with van der Waals surface area (Å²) in [5.74, 6) is -0.0470. The van der Waals surface area contributed by atoms with E-state index in [4.69, 9.17) is 10.00 Å². The molecule has 1 amide bonds. The molecule has 1 atom stereocenters. The Labute approximate surface area is 112 Å². The number of pyridine rings is 1. The molecule has 0 bridgehead atoms. The fourth-order valence-corrected chi connectivity index (χ4v) is 2.10. The second kappa shape index (κ2) is 6.27. The summed E-state index contributed by atoms with van der Waals surface area (Å²) in [5.41, 5.74) is 1.37. The van der Waals surface area contributed by atoms with Gasteiger partial charge in [0.05, 0.1) is 13.2 Å². The number of nitrogens with zero attached hydrogens (tertiary/aromatic N) is 3. The first-order chi connectivity index (χ1) is 9.24. The van der Waals surface area contributed by atoms with Crippen molar-refractivity contribution in [2.45, 2.75) is 12.6 Å². The molecule has 0 spiro atoms. The molecule has 1 aliphatic rings. The third kappa shape index (κ3) is 3.28. The highest BCUT2D eigenvalue weighted by atomic mass is 16.5. The number of carbonyl (C=O) groups is 1. The highest BCUT2D eigenvalue weighted by molar-refractivity contribution is 5.81. The van der Waals surface area contributed by atoms with Gasteiger partial charge in [0.2, 0.25) is 5.91 Å². The van der Waals surface area contributed by atoms with Crippen LogP contribution in [-0.4, -0.2) is 48.6 Å². The first-order valence-corrected chi connectivity index (χ1v) is 6.13. The Kier molecular flexibility index (Phi) is 4.44. The van der Waals surface area contributed by atoms with Gasteiger partial charge in [-0.15, -0.1) is 0 Å². The monoisotopic (exact) mass is 260 g/mol. The summed E-state index contributed by atoms with van der Waals surface area (Å²) in [6.07, 6.45) is 1.61. The lowest BCUT2D eigenvalue weighted by Crippen LogP contribution is -2.52. The Bertz CT molecular complexity index is 498. The van der Waals surface area contributed by atoms with Crippen LogP contribution in [-0.2, 0) is 16.1 Å². The summed E-state index contributed by atoms with van der Waals surface area (Å²) >= 11 is 0. The molecule has 0 aliphatic carbocycles. The fourth-order valence-electron chi connectivity index (χ4n) is 2.10. The summed E-state index contributed by atoms with van der Waals surface area (Å²) in [4.78, 5) is 17.8. The number of rotatable bonds is 3. The van der Waals surface area contributed by atoms with Crippen LogP contribution in [0.25, 0.3) is 0 Å². The topological polar surface area (TPSA) is 78.2 Å². The molecule has 1 N–H and O–H groups in total. The smallest absolute Gasteiger partial charge is 0.239 e. The summed E-state index contributed by atoms with van der Waals surface area (Å²) < 4.78 is 5.35. The van der Waals surface area contributed by atoms with Crippen molar-refractivity contribution in [3.63, 3.8) is 0 Å². The summed E-state index contributed by atoms with van der Waals surface area (Å²) in [6, 6.07) is 5.34. The Balaban J connectivity index is 2.10. The van der Waals surface area contributed by atoms with Crippen molar-refractivity contribution in [2.24, 2.45) is 0 Å². The van der Waals surface area contributed by atoms with Crippen molar-refractivity contribution in [1.82, 2.24) is 15.2 Å². The molecule has 1 aromatic heterocycles. The van der Waals surface area contributed by atoms with E-state index in [0.717, 1.165) is 5.56 Å². The highest BCUT2D eigenvalue weighted by Crippen LogP contribution is 2.13. The predicted molar refractivity (Wildman–Crippen MR) is 68.0 cm³/mol. The van der Waals surface area contributed by atoms with Gasteiger partial charge in [-0.2, -0.15) is 5.26 Å². The van der Waals surface area contributed by atoms with Gasteiger partial charge in [0.25, 0.3) is 0 Å². The number of aromatic nitrogens is 1. The van der Waals surface area contributed by atoms with Crippen LogP contribution >= 0.6 is 0 Å². The van der Waals surface area contributed by atoms with Crippen LogP contribution in [0.15, 0.2) is 18.3 Å². The Morgan fingerprint density at radius 1 is 1.74 bits per heavy atom. The van der Waals surface area contributed by atoms with Crippen LogP contribution in [0.3, 0.4) is 0 Å². The number of hydrogen-bond acceptors (Lipinski definition) is 5. The minimum Gasteiger partial charge on any atom is -0.378 e. The van der Waals surface area contributed by atoms with Crippen LogP contribution in [0.2, 0.25) is 0 Å². The van der Waals surface area contributed by atoms with Crippen LogP contribution in [0, 0.1) is 11.3 Å². The lowest BCUT2D eigenvalue weighted by atomic mass is 10.1.